The maximum absolute atomic E-state index is 12.8. The number of carbonyl (C=O) groups excluding carboxylic acids is 2. The third-order valence-electron chi connectivity index (χ3n) is 4.32. The number of imidazole rings is 1. The molecule has 1 N–H and O–H groups in total. The Labute approximate surface area is 147 Å². The van der Waals surface area contributed by atoms with Gasteiger partial charge in [0.1, 0.15) is 0 Å². The summed E-state index contributed by atoms with van der Waals surface area (Å²) in [7, 11) is 0. The number of carbonyl (C=O) groups is 2. The largest absolute Gasteiger partial charge is 0.378 e. The van der Waals surface area contributed by atoms with Crippen LogP contribution in [-0.4, -0.2) is 58.9 Å². The highest BCUT2D eigenvalue weighted by Gasteiger charge is 2.26. The number of fused-ring (bicyclic) bond motifs is 1. The number of nitrogens with zero attached hydrogens (tertiary/aromatic N) is 3. The number of pyridine rings is 1. The second kappa shape index (κ2) is 8.11. The van der Waals surface area contributed by atoms with Crippen molar-refractivity contribution in [2.24, 2.45) is 0 Å². The van der Waals surface area contributed by atoms with E-state index in [1.165, 1.54) is 0 Å². The van der Waals surface area contributed by atoms with Gasteiger partial charge in [-0.05, 0) is 18.6 Å². The third-order valence-corrected chi connectivity index (χ3v) is 4.32. The van der Waals surface area contributed by atoms with Crippen molar-refractivity contribution in [1.82, 2.24) is 19.6 Å². The highest BCUT2D eigenvalue weighted by Crippen LogP contribution is 2.16. The molecule has 134 valence electrons. The van der Waals surface area contributed by atoms with Crippen molar-refractivity contribution < 1.29 is 14.3 Å². The maximum atomic E-state index is 12.8. The third kappa shape index (κ3) is 3.82. The van der Waals surface area contributed by atoms with Gasteiger partial charge in [-0.2, -0.15) is 0 Å². The fraction of sp³-hybridized carbons (Fsp3) is 0.500. The smallest absolute Gasteiger partial charge is 0.287 e. The molecule has 2 aromatic rings. The molecule has 2 aromatic heterocycles. The summed E-state index contributed by atoms with van der Waals surface area (Å²) in [4.78, 5) is 31.4. The summed E-state index contributed by atoms with van der Waals surface area (Å²) >= 11 is 0. The first-order valence-corrected chi connectivity index (χ1v) is 8.84. The molecule has 0 radical (unpaired) electrons. The number of nitrogens with one attached hydrogen (secondary N) is 1. The maximum Gasteiger partial charge on any atom is 0.287 e. The van der Waals surface area contributed by atoms with Crippen LogP contribution in [0.15, 0.2) is 24.4 Å². The molecule has 0 aliphatic carbocycles. The molecule has 0 spiro atoms. The van der Waals surface area contributed by atoms with Crippen LogP contribution in [-0.2, 0) is 4.74 Å². The van der Waals surface area contributed by atoms with Gasteiger partial charge in [-0.3, -0.25) is 14.0 Å². The zero-order valence-corrected chi connectivity index (χ0v) is 14.5. The van der Waals surface area contributed by atoms with Gasteiger partial charge >= 0.3 is 0 Å². The van der Waals surface area contributed by atoms with E-state index in [-0.39, 0.29) is 17.6 Å². The number of rotatable bonds is 6. The highest BCUT2D eigenvalue weighted by atomic mass is 16.5. The number of hydrogen-bond donors (Lipinski definition) is 1. The van der Waals surface area contributed by atoms with Crippen molar-refractivity contribution in [3.63, 3.8) is 0 Å². The Morgan fingerprint density at radius 1 is 1.24 bits per heavy atom. The molecule has 3 heterocycles. The first-order chi connectivity index (χ1) is 12.2. The molecule has 7 heteroatoms. The fourth-order valence-corrected chi connectivity index (χ4v) is 2.93. The average Bonchev–Trinajstić information content (AvgIpc) is 3.05. The zero-order valence-electron chi connectivity index (χ0n) is 14.5. The molecule has 0 unspecified atom stereocenters. The van der Waals surface area contributed by atoms with E-state index in [0.29, 0.717) is 44.1 Å². The molecule has 0 bridgehead atoms. The minimum atomic E-state index is -0.252. The van der Waals surface area contributed by atoms with E-state index in [4.69, 9.17) is 4.74 Å². The molecule has 3 rings (SSSR count). The summed E-state index contributed by atoms with van der Waals surface area (Å²) in [5.74, 6) is -0.154. The summed E-state index contributed by atoms with van der Waals surface area (Å²) in [6, 6.07) is 5.48. The summed E-state index contributed by atoms with van der Waals surface area (Å²) in [5, 5.41) is 2.89. The van der Waals surface area contributed by atoms with Crippen LogP contribution in [0.1, 0.15) is 47.3 Å². The summed E-state index contributed by atoms with van der Waals surface area (Å²) in [6.07, 6.45) is 4.87. The van der Waals surface area contributed by atoms with E-state index in [1.807, 2.05) is 18.2 Å². The van der Waals surface area contributed by atoms with Crippen LogP contribution in [0, 0.1) is 0 Å². The first kappa shape index (κ1) is 17.4. The number of ether oxygens (including phenoxy) is 1. The SMILES string of the molecule is CCCCCNC(=O)c1nc(C(=O)N2CCOCC2)c2ccccn12. The Hall–Kier alpha value is -2.41. The predicted octanol–water partition coefficient (Wildman–Crippen LogP) is 1.73. The molecular formula is C18H24N4O3. The van der Waals surface area contributed by atoms with Crippen LogP contribution in [0.25, 0.3) is 5.52 Å². The summed E-state index contributed by atoms with van der Waals surface area (Å²) in [6.45, 7) is 4.88. The molecule has 25 heavy (non-hydrogen) atoms. The Morgan fingerprint density at radius 3 is 2.80 bits per heavy atom. The van der Waals surface area contributed by atoms with Crippen molar-refractivity contribution in [3.05, 3.63) is 35.9 Å². The lowest BCUT2D eigenvalue weighted by molar-refractivity contribution is 0.0300. The predicted molar refractivity (Wildman–Crippen MR) is 93.8 cm³/mol. The van der Waals surface area contributed by atoms with E-state index < -0.39 is 0 Å². The van der Waals surface area contributed by atoms with Crippen LogP contribution >= 0.6 is 0 Å². The van der Waals surface area contributed by atoms with Crippen LogP contribution in [0.4, 0.5) is 0 Å². The fourth-order valence-electron chi connectivity index (χ4n) is 2.93. The van der Waals surface area contributed by atoms with Gasteiger partial charge in [0, 0.05) is 25.8 Å². The van der Waals surface area contributed by atoms with Crippen LogP contribution in [0.3, 0.4) is 0 Å². The average molecular weight is 344 g/mol. The summed E-state index contributed by atoms with van der Waals surface area (Å²) in [5.41, 5.74) is 0.971. The number of aromatic nitrogens is 2. The summed E-state index contributed by atoms with van der Waals surface area (Å²) < 4.78 is 6.98. The number of amides is 2. The van der Waals surface area contributed by atoms with E-state index in [0.717, 1.165) is 19.3 Å². The van der Waals surface area contributed by atoms with Crippen LogP contribution < -0.4 is 5.32 Å². The molecule has 1 fully saturated rings. The quantitative estimate of drug-likeness (QED) is 0.810. The molecule has 7 nitrogen and oxygen atoms in total. The molecule has 2 amide bonds. The Balaban J connectivity index is 1.84. The van der Waals surface area contributed by atoms with Gasteiger partial charge in [-0.25, -0.2) is 4.98 Å². The highest BCUT2D eigenvalue weighted by molar-refractivity contribution is 6.02. The molecule has 0 saturated carbocycles. The molecule has 1 saturated heterocycles. The van der Waals surface area contributed by atoms with Crippen molar-refractivity contribution >= 4 is 17.3 Å². The lowest BCUT2D eigenvalue weighted by atomic mass is 10.2. The minimum Gasteiger partial charge on any atom is -0.378 e. The topological polar surface area (TPSA) is 75.9 Å². The number of morpholine rings is 1. The molecule has 1 aliphatic heterocycles. The van der Waals surface area contributed by atoms with Crippen LogP contribution in [0.2, 0.25) is 0 Å². The molecular weight excluding hydrogens is 320 g/mol. The first-order valence-electron chi connectivity index (χ1n) is 8.84. The van der Waals surface area contributed by atoms with Crippen molar-refractivity contribution in [1.29, 1.82) is 0 Å². The second-order valence-electron chi connectivity index (χ2n) is 6.11. The van der Waals surface area contributed by atoms with Gasteiger partial charge in [0.25, 0.3) is 11.8 Å². The van der Waals surface area contributed by atoms with Gasteiger partial charge in [0.15, 0.2) is 5.69 Å². The molecule has 0 atom stereocenters. The Morgan fingerprint density at radius 2 is 2.04 bits per heavy atom. The molecule has 1 aliphatic rings. The lowest BCUT2D eigenvalue weighted by Gasteiger charge is -2.26. The van der Waals surface area contributed by atoms with E-state index in [9.17, 15) is 9.59 Å². The van der Waals surface area contributed by atoms with Gasteiger partial charge < -0.3 is 15.0 Å². The standard InChI is InChI=1S/C18H24N4O3/c1-2-3-5-8-19-17(23)16-20-15(14-7-4-6-9-22(14)16)18(24)21-10-12-25-13-11-21/h4,6-7,9H,2-3,5,8,10-13H2,1H3,(H,19,23). The van der Waals surface area contributed by atoms with Gasteiger partial charge in [-0.1, -0.05) is 25.8 Å². The second-order valence-corrected chi connectivity index (χ2v) is 6.11. The lowest BCUT2D eigenvalue weighted by Crippen LogP contribution is -2.41. The van der Waals surface area contributed by atoms with Crippen molar-refractivity contribution in [2.45, 2.75) is 26.2 Å². The monoisotopic (exact) mass is 344 g/mol. The minimum absolute atomic E-state index is 0.156. The van der Waals surface area contributed by atoms with E-state index in [2.05, 4.69) is 17.2 Å². The van der Waals surface area contributed by atoms with E-state index >= 15 is 0 Å². The van der Waals surface area contributed by atoms with Crippen molar-refractivity contribution in [3.8, 4) is 0 Å². The Bertz CT molecular complexity index is 750. The van der Waals surface area contributed by atoms with E-state index in [1.54, 1.807) is 15.5 Å². The van der Waals surface area contributed by atoms with Crippen molar-refractivity contribution in [2.75, 3.05) is 32.8 Å². The van der Waals surface area contributed by atoms with Gasteiger partial charge in [0.2, 0.25) is 5.82 Å². The van der Waals surface area contributed by atoms with Crippen LogP contribution in [0.5, 0.6) is 0 Å². The van der Waals surface area contributed by atoms with Gasteiger partial charge in [0.05, 0.1) is 18.7 Å². The van der Waals surface area contributed by atoms with Gasteiger partial charge in [-0.15, -0.1) is 0 Å². The molecule has 0 aromatic carbocycles. The number of unbranched alkanes of at least 4 members (excludes halogenated alkanes) is 2. The number of hydrogen-bond acceptors (Lipinski definition) is 4. The normalized spacial score (nSPS) is 14.7. The Kier molecular flexibility index (Phi) is 5.65. The zero-order chi connectivity index (χ0) is 17.6.